The minimum absolute atomic E-state index is 0.0443. The molecule has 3 atom stereocenters. The highest BCUT2D eigenvalue weighted by molar-refractivity contribution is 5.88. The summed E-state index contributed by atoms with van der Waals surface area (Å²) in [7, 11) is 0. The van der Waals surface area contributed by atoms with Crippen molar-refractivity contribution in [3.05, 3.63) is 0 Å². The number of rotatable bonds is 5. The Kier molecular flexibility index (Phi) is 4.73. The van der Waals surface area contributed by atoms with Crippen LogP contribution in [0.4, 0.5) is 0 Å². The predicted octanol–water partition coefficient (Wildman–Crippen LogP) is 0.182. The van der Waals surface area contributed by atoms with E-state index in [1.807, 2.05) is 13.8 Å². The van der Waals surface area contributed by atoms with Gasteiger partial charge in [-0.3, -0.25) is 9.59 Å². The SMILES string of the molecule is CC[C@H](C)[C@@H](NC(=O)[C@H]1CCCO1)C(N)=O. The Morgan fingerprint density at radius 2 is 2.25 bits per heavy atom. The number of carbonyl (C=O) groups excluding carboxylic acids is 2. The normalized spacial score (nSPS) is 23.8. The number of amides is 2. The quantitative estimate of drug-likeness (QED) is 0.704. The summed E-state index contributed by atoms with van der Waals surface area (Å²) in [6.45, 7) is 4.46. The molecule has 0 radical (unpaired) electrons. The largest absolute Gasteiger partial charge is 0.368 e. The maximum Gasteiger partial charge on any atom is 0.249 e. The molecule has 3 N–H and O–H groups in total. The molecule has 0 saturated carbocycles. The molecule has 1 aliphatic rings. The van der Waals surface area contributed by atoms with E-state index < -0.39 is 18.1 Å². The summed E-state index contributed by atoms with van der Waals surface area (Å²) in [4.78, 5) is 23.0. The predicted molar refractivity (Wildman–Crippen MR) is 59.6 cm³/mol. The molecule has 2 amide bonds. The topological polar surface area (TPSA) is 81.4 Å². The molecule has 0 aromatic heterocycles. The van der Waals surface area contributed by atoms with E-state index in [1.54, 1.807) is 0 Å². The minimum Gasteiger partial charge on any atom is -0.368 e. The van der Waals surface area contributed by atoms with Crippen LogP contribution in [-0.4, -0.2) is 30.6 Å². The number of primary amides is 1. The Morgan fingerprint density at radius 3 is 2.69 bits per heavy atom. The Hall–Kier alpha value is -1.10. The fourth-order valence-electron chi connectivity index (χ4n) is 1.76. The van der Waals surface area contributed by atoms with Gasteiger partial charge in [0.25, 0.3) is 0 Å². The van der Waals surface area contributed by atoms with Crippen molar-refractivity contribution in [1.82, 2.24) is 5.32 Å². The highest BCUT2D eigenvalue weighted by Crippen LogP contribution is 2.13. The van der Waals surface area contributed by atoms with E-state index in [2.05, 4.69) is 5.32 Å². The molecule has 0 bridgehead atoms. The zero-order valence-corrected chi connectivity index (χ0v) is 9.86. The first kappa shape index (κ1) is 13.0. The molecule has 1 heterocycles. The van der Waals surface area contributed by atoms with Crippen molar-refractivity contribution >= 4 is 11.8 Å². The molecule has 16 heavy (non-hydrogen) atoms. The summed E-state index contributed by atoms with van der Waals surface area (Å²) in [5, 5.41) is 2.67. The van der Waals surface area contributed by atoms with Gasteiger partial charge in [-0.1, -0.05) is 20.3 Å². The minimum atomic E-state index is -0.596. The van der Waals surface area contributed by atoms with Crippen molar-refractivity contribution in [3.63, 3.8) is 0 Å². The third-order valence-corrected chi connectivity index (χ3v) is 3.04. The molecule has 5 nitrogen and oxygen atoms in total. The lowest BCUT2D eigenvalue weighted by Crippen LogP contribution is -2.51. The first-order chi connectivity index (χ1) is 7.56. The molecule has 0 spiro atoms. The second-order valence-corrected chi connectivity index (χ2v) is 4.28. The molecular formula is C11H20N2O3. The molecule has 0 aromatic carbocycles. The second kappa shape index (κ2) is 5.84. The fourth-order valence-corrected chi connectivity index (χ4v) is 1.76. The molecular weight excluding hydrogens is 208 g/mol. The number of nitrogens with two attached hydrogens (primary N) is 1. The summed E-state index contributed by atoms with van der Waals surface area (Å²) in [5.74, 6) is -0.662. The van der Waals surface area contributed by atoms with Crippen molar-refractivity contribution in [2.24, 2.45) is 11.7 Å². The number of ether oxygens (including phenoxy) is 1. The van der Waals surface area contributed by atoms with Gasteiger partial charge in [0, 0.05) is 6.61 Å². The van der Waals surface area contributed by atoms with E-state index in [1.165, 1.54) is 0 Å². The molecule has 0 aliphatic carbocycles. The summed E-state index contributed by atoms with van der Waals surface area (Å²) >= 11 is 0. The van der Waals surface area contributed by atoms with Crippen molar-refractivity contribution in [3.8, 4) is 0 Å². The van der Waals surface area contributed by atoms with E-state index in [-0.39, 0.29) is 11.8 Å². The van der Waals surface area contributed by atoms with Gasteiger partial charge in [-0.15, -0.1) is 0 Å². The standard InChI is InChI=1S/C11H20N2O3/c1-3-7(2)9(10(12)14)13-11(15)8-5-4-6-16-8/h7-9H,3-6H2,1-2H3,(H2,12,14)(H,13,15)/t7-,8+,9+/m0/s1. The van der Waals surface area contributed by atoms with Crippen molar-refractivity contribution < 1.29 is 14.3 Å². The van der Waals surface area contributed by atoms with Crippen LogP contribution >= 0.6 is 0 Å². The van der Waals surface area contributed by atoms with Gasteiger partial charge in [0.2, 0.25) is 11.8 Å². The van der Waals surface area contributed by atoms with E-state index in [0.717, 1.165) is 19.3 Å². The molecule has 1 saturated heterocycles. The second-order valence-electron chi connectivity index (χ2n) is 4.28. The van der Waals surface area contributed by atoms with E-state index >= 15 is 0 Å². The molecule has 1 fully saturated rings. The lowest BCUT2D eigenvalue weighted by molar-refractivity contribution is -0.134. The Bertz CT molecular complexity index is 262. The lowest BCUT2D eigenvalue weighted by atomic mass is 9.98. The zero-order chi connectivity index (χ0) is 12.1. The molecule has 1 aliphatic heterocycles. The first-order valence-electron chi connectivity index (χ1n) is 5.77. The maximum atomic E-state index is 11.7. The van der Waals surface area contributed by atoms with Gasteiger partial charge in [-0.05, 0) is 18.8 Å². The zero-order valence-electron chi connectivity index (χ0n) is 9.86. The van der Waals surface area contributed by atoms with Crippen molar-refractivity contribution in [1.29, 1.82) is 0 Å². The van der Waals surface area contributed by atoms with Crippen molar-refractivity contribution in [2.45, 2.75) is 45.3 Å². The smallest absolute Gasteiger partial charge is 0.249 e. The molecule has 0 unspecified atom stereocenters. The van der Waals surface area contributed by atoms with Crippen LogP contribution in [0.1, 0.15) is 33.1 Å². The summed E-state index contributed by atoms with van der Waals surface area (Å²) in [6.07, 6.45) is 1.99. The molecule has 0 aromatic rings. The molecule has 5 heteroatoms. The van der Waals surface area contributed by atoms with Crippen LogP contribution in [0, 0.1) is 5.92 Å². The van der Waals surface area contributed by atoms with Gasteiger partial charge in [-0.2, -0.15) is 0 Å². The fraction of sp³-hybridized carbons (Fsp3) is 0.818. The van der Waals surface area contributed by atoms with Crippen LogP contribution < -0.4 is 11.1 Å². The van der Waals surface area contributed by atoms with E-state index in [4.69, 9.17) is 10.5 Å². The van der Waals surface area contributed by atoms with Gasteiger partial charge in [-0.25, -0.2) is 0 Å². The van der Waals surface area contributed by atoms with Crippen LogP contribution in [0.15, 0.2) is 0 Å². The Labute approximate surface area is 95.7 Å². The highest BCUT2D eigenvalue weighted by Gasteiger charge is 2.29. The summed E-state index contributed by atoms with van der Waals surface area (Å²) < 4.78 is 5.24. The Balaban J connectivity index is 2.53. The maximum absolute atomic E-state index is 11.7. The van der Waals surface area contributed by atoms with Crippen LogP contribution in [0.5, 0.6) is 0 Å². The van der Waals surface area contributed by atoms with Crippen LogP contribution in [0.3, 0.4) is 0 Å². The monoisotopic (exact) mass is 228 g/mol. The third-order valence-electron chi connectivity index (χ3n) is 3.04. The van der Waals surface area contributed by atoms with Crippen LogP contribution in [0.2, 0.25) is 0 Å². The molecule has 1 rings (SSSR count). The number of carbonyl (C=O) groups is 2. The number of hydrogen-bond acceptors (Lipinski definition) is 3. The number of hydrogen-bond donors (Lipinski definition) is 2. The summed E-state index contributed by atoms with van der Waals surface area (Å²) in [5.41, 5.74) is 5.27. The van der Waals surface area contributed by atoms with Gasteiger partial charge >= 0.3 is 0 Å². The number of nitrogens with one attached hydrogen (secondary N) is 1. The average Bonchev–Trinajstić information content (AvgIpc) is 2.77. The van der Waals surface area contributed by atoms with Gasteiger partial charge in [0.1, 0.15) is 12.1 Å². The highest BCUT2D eigenvalue weighted by atomic mass is 16.5. The van der Waals surface area contributed by atoms with Crippen molar-refractivity contribution in [2.75, 3.05) is 6.61 Å². The van der Waals surface area contributed by atoms with Gasteiger partial charge in [0.05, 0.1) is 0 Å². The average molecular weight is 228 g/mol. The lowest BCUT2D eigenvalue weighted by Gasteiger charge is -2.22. The first-order valence-corrected chi connectivity index (χ1v) is 5.77. The van der Waals surface area contributed by atoms with Gasteiger partial charge < -0.3 is 15.8 Å². The Morgan fingerprint density at radius 1 is 1.56 bits per heavy atom. The third kappa shape index (κ3) is 3.20. The van der Waals surface area contributed by atoms with E-state index in [0.29, 0.717) is 6.61 Å². The van der Waals surface area contributed by atoms with Gasteiger partial charge in [0.15, 0.2) is 0 Å². The van der Waals surface area contributed by atoms with Crippen LogP contribution in [-0.2, 0) is 14.3 Å². The van der Waals surface area contributed by atoms with Crippen LogP contribution in [0.25, 0.3) is 0 Å². The summed E-state index contributed by atoms with van der Waals surface area (Å²) in [6, 6.07) is -0.596. The molecule has 92 valence electrons. The van der Waals surface area contributed by atoms with E-state index in [9.17, 15) is 9.59 Å².